The molecule has 2 atom stereocenters. The van der Waals surface area contributed by atoms with Crippen molar-refractivity contribution in [2.24, 2.45) is 0 Å². The van der Waals surface area contributed by atoms with Crippen LogP contribution in [-0.4, -0.2) is 51.8 Å². The molecule has 29 heavy (non-hydrogen) atoms. The molecule has 0 bridgehead atoms. The van der Waals surface area contributed by atoms with Gasteiger partial charge in [0.2, 0.25) is 0 Å². The molecule has 0 saturated carbocycles. The monoisotopic (exact) mass is 492 g/mol. The fourth-order valence-corrected chi connectivity index (χ4v) is 6.16. The molecule has 0 aliphatic heterocycles. The summed E-state index contributed by atoms with van der Waals surface area (Å²) in [5.74, 6) is 2.30. The molecule has 0 spiro atoms. The summed E-state index contributed by atoms with van der Waals surface area (Å²) in [4.78, 5) is 0. The lowest BCUT2D eigenvalue weighted by atomic mass is 10.2. The Bertz CT molecular complexity index is 468. The molecule has 0 rings (SSSR count). The third kappa shape index (κ3) is 22.0. The standard InChI is InChI=1S/C19H42O6P2S2/c1-5-6-10-15-24-27(4,21)25-17-12-9-14-19-29-28-18-13-8-7-11-16-23-26(3,20)22-2/h5-19H2,1-4H3. The van der Waals surface area contributed by atoms with Crippen molar-refractivity contribution in [1.82, 2.24) is 0 Å². The summed E-state index contributed by atoms with van der Waals surface area (Å²) in [7, 11) is -0.402. The van der Waals surface area contributed by atoms with Crippen molar-refractivity contribution in [2.45, 2.75) is 71.1 Å². The lowest BCUT2D eigenvalue weighted by molar-refractivity contribution is 0.203. The van der Waals surface area contributed by atoms with Crippen LogP contribution < -0.4 is 0 Å². The van der Waals surface area contributed by atoms with Gasteiger partial charge in [-0.15, -0.1) is 0 Å². The average Bonchev–Trinajstić information content (AvgIpc) is 2.68. The molecule has 0 aromatic carbocycles. The van der Waals surface area contributed by atoms with Gasteiger partial charge in [0.25, 0.3) is 0 Å². The molecule has 0 aromatic heterocycles. The van der Waals surface area contributed by atoms with Gasteiger partial charge in [-0.2, -0.15) is 0 Å². The van der Waals surface area contributed by atoms with E-state index in [9.17, 15) is 9.13 Å². The van der Waals surface area contributed by atoms with Crippen LogP contribution in [0.1, 0.15) is 71.1 Å². The van der Waals surface area contributed by atoms with E-state index in [1.165, 1.54) is 26.6 Å². The number of unbranched alkanes of at least 4 members (excludes halogenated alkanes) is 7. The van der Waals surface area contributed by atoms with Crippen molar-refractivity contribution in [1.29, 1.82) is 0 Å². The van der Waals surface area contributed by atoms with Crippen molar-refractivity contribution in [2.75, 3.05) is 51.8 Å². The topological polar surface area (TPSA) is 71.1 Å². The van der Waals surface area contributed by atoms with Crippen LogP contribution in [0.5, 0.6) is 0 Å². The van der Waals surface area contributed by atoms with E-state index in [1.54, 1.807) is 6.66 Å². The van der Waals surface area contributed by atoms with Gasteiger partial charge in [-0.25, -0.2) is 0 Å². The Morgan fingerprint density at radius 3 is 1.52 bits per heavy atom. The second-order valence-electron chi connectivity index (χ2n) is 7.05. The average molecular weight is 493 g/mol. The highest BCUT2D eigenvalue weighted by molar-refractivity contribution is 8.76. The van der Waals surface area contributed by atoms with Gasteiger partial charge in [-0.3, -0.25) is 9.13 Å². The highest BCUT2D eigenvalue weighted by Gasteiger charge is 2.16. The largest absolute Gasteiger partial charge is 0.327 e. The minimum Gasteiger partial charge on any atom is -0.312 e. The second-order valence-corrected chi connectivity index (χ2v) is 14.0. The van der Waals surface area contributed by atoms with Crippen molar-refractivity contribution in [3.63, 3.8) is 0 Å². The molecule has 0 aliphatic carbocycles. The predicted octanol–water partition coefficient (Wildman–Crippen LogP) is 7.63. The lowest BCUT2D eigenvalue weighted by Gasteiger charge is -2.14. The van der Waals surface area contributed by atoms with Gasteiger partial charge in [-0.05, 0) is 32.1 Å². The van der Waals surface area contributed by atoms with Gasteiger partial charge in [0.05, 0.1) is 19.8 Å². The van der Waals surface area contributed by atoms with E-state index in [-0.39, 0.29) is 0 Å². The number of hydrogen-bond acceptors (Lipinski definition) is 8. The summed E-state index contributed by atoms with van der Waals surface area (Å²) in [5.41, 5.74) is 0. The number of rotatable bonds is 22. The molecule has 0 aromatic rings. The fourth-order valence-electron chi connectivity index (χ4n) is 2.31. The smallest absolute Gasteiger partial charge is 0.312 e. The van der Waals surface area contributed by atoms with Crippen LogP contribution in [0.2, 0.25) is 0 Å². The van der Waals surface area contributed by atoms with Crippen molar-refractivity contribution in [3.05, 3.63) is 0 Å². The van der Waals surface area contributed by atoms with Crippen LogP contribution in [0, 0.1) is 0 Å². The van der Waals surface area contributed by atoms with Crippen LogP contribution in [-0.2, 0) is 27.2 Å². The normalized spacial score (nSPS) is 15.9. The van der Waals surface area contributed by atoms with E-state index >= 15 is 0 Å². The molecule has 0 radical (unpaired) electrons. The van der Waals surface area contributed by atoms with Crippen molar-refractivity contribution >= 4 is 36.8 Å². The highest BCUT2D eigenvalue weighted by Crippen LogP contribution is 2.44. The molecule has 6 nitrogen and oxygen atoms in total. The zero-order valence-electron chi connectivity index (χ0n) is 18.8. The predicted molar refractivity (Wildman–Crippen MR) is 129 cm³/mol. The number of hydrogen-bond donors (Lipinski definition) is 0. The summed E-state index contributed by atoms with van der Waals surface area (Å²) in [5, 5.41) is 0. The van der Waals surface area contributed by atoms with Crippen LogP contribution in [0.15, 0.2) is 0 Å². The lowest BCUT2D eigenvalue weighted by Crippen LogP contribution is -1.98. The molecule has 10 heteroatoms. The Hall–Kier alpha value is 1.00. The molecular weight excluding hydrogens is 450 g/mol. The summed E-state index contributed by atoms with van der Waals surface area (Å²) >= 11 is 0. The fraction of sp³-hybridized carbons (Fsp3) is 1.00. The van der Waals surface area contributed by atoms with E-state index in [2.05, 4.69) is 6.92 Å². The Morgan fingerprint density at radius 2 is 1.03 bits per heavy atom. The van der Waals surface area contributed by atoms with Gasteiger partial charge >= 0.3 is 15.2 Å². The van der Waals surface area contributed by atoms with Crippen LogP contribution in [0.4, 0.5) is 0 Å². The Kier molecular flexibility index (Phi) is 20.3. The Labute approximate surface area is 186 Å². The van der Waals surface area contributed by atoms with E-state index in [4.69, 9.17) is 18.1 Å². The minimum absolute atomic E-state index is 0.506. The van der Waals surface area contributed by atoms with Gasteiger partial charge in [0, 0.05) is 31.9 Å². The molecule has 0 amide bonds. The highest BCUT2D eigenvalue weighted by atomic mass is 33.1. The van der Waals surface area contributed by atoms with Gasteiger partial charge in [0.15, 0.2) is 0 Å². The zero-order chi connectivity index (χ0) is 21.8. The summed E-state index contributed by atoms with van der Waals surface area (Å²) < 4.78 is 44.4. The summed E-state index contributed by atoms with van der Waals surface area (Å²) in [6.45, 7) is 6.75. The molecule has 0 fully saturated rings. The Balaban J connectivity index is 3.29. The maximum atomic E-state index is 12.1. The third-order valence-electron chi connectivity index (χ3n) is 4.13. The van der Waals surface area contributed by atoms with Crippen molar-refractivity contribution < 1.29 is 27.2 Å². The zero-order valence-corrected chi connectivity index (χ0v) is 22.2. The van der Waals surface area contributed by atoms with Gasteiger partial charge in [-0.1, -0.05) is 60.6 Å². The van der Waals surface area contributed by atoms with Crippen LogP contribution >= 0.6 is 36.8 Å². The first-order chi connectivity index (χ1) is 13.8. The molecular formula is C19H42O6P2S2. The van der Waals surface area contributed by atoms with E-state index in [0.29, 0.717) is 19.8 Å². The molecule has 0 saturated heterocycles. The first-order valence-electron chi connectivity index (χ1n) is 10.7. The molecule has 0 N–H and O–H groups in total. The maximum Gasteiger partial charge on any atom is 0.327 e. The SMILES string of the molecule is CCCCCOP(C)(=O)OCCCCCSSCCCCCCOP(C)(=O)OC. The molecule has 0 heterocycles. The molecule has 2 unspecified atom stereocenters. The summed E-state index contributed by atoms with van der Waals surface area (Å²) in [6.07, 6.45) is 10.7. The van der Waals surface area contributed by atoms with Crippen molar-refractivity contribution in [3.8, 4) is 0 Å². The minimum atomic E-state index is -2.86. The first-order valence-corrected chi connectivity index (χ1v) is 17.2. The quantitative estimate of drug-likeness (QED) is 0.0868. The van der Waals surface area contributed by atoms with E-state index in [0.717, 1.165) is 62.9 Å². The van der Waals surface area contributed by atoms with Gasteiger partial charge in [0.1, 0.15) is 0 Å². The van der Waals surface area contributed by atoms with Crippen LogP contribution in [0.3, 0.4) is 0 Å². The van der Waals surface area contributed by atoms with E-state index < -0.39 is 15.2 Å². The van der Waals surface area contributed by atoms with E-state index in [1.807, 2.05) is 21.6 Å². The third-order valence-corrected chi connectivity index (χ3v) is 9.33. The summed E-state index contributed by atoms with van der Waals surface area (Å²) in [6, 6.07) is 0. The molecule has 176 valence electrons. The van der Waals surface area contributed by atoms with Crippen LogP contribution in [0.25, 0.3) is 0 Å². The first kappa shape index (κ1) is 30.0. The Morgan fingerprint density at radius 1 is 0.621 bits per heavy atom. The maximum absolute atomic E-state index is 12.1. The molecule has 0 aliphatic rings. The van der Waals surface area contributed by atoms with Gasteiger partial charge < -0.3 is 18.1 Å². The second kappa shape index (κ2) is 19.7.